The van der Waals surface area contributed by atoms with Crippen molar-refractivity contribution in [2.24, 2.45) is 0 Å². The molecule has 3 aromatic rings. The molecule has 4 rings (SSSR count). The number of alkyl halides is 5. The molecule has 42 heavy (non-hydrogen) atoms. The Morgan fingerprint density at radius 1 is 0.976 bits per heavy atom. The summed E-state index contributed by atoms with van der Waals surface area (Å²) >= 11 is 0. The zero-order valence-electron chi connectivity index (χ0n) is 22.8. The van der Waals surface area contributed by atoms with Gasteiger partial charge in [0, 0.05) is 30.3 Å². The minimum Gasteiger partial charge on any atom is -0.366 e. The number of hydrogen-bond donors (Lipinski definition) is 1. The molecule has 1 amide bonds. The van der Waals surface area contributed by atoms with E-state index in [9.17, 15) is 35.2 Å². The van der Waals surface area contributed by atoms with E-state index in [4.69, 9.17) is 0 Å². The Kier molecular flexibility index (Phi) is 9.88. The van der Waals surface area contributed by atoms with Crippen LogP contribution < -0.4 is 10.2 Å². The molecular weight excluding hydrogens is 579 g/mol. The first-order chi connectivity index (χ1) is 19.9. The van der Waals surface area contributed by atoms with Crippen LogP contribution in [0.5, 0.6) is 0 Å². The predicted molar refractivity (Wildman–Crippen MR) is 148 cm³/mol. The number of piperidine rings is 1. The van der Waals surface area contributed by atoms with Gasteiger partial charge in [0.1, 0.15) is 0 Å². The minimum absolute atomic E-state index is 0.00773. The minimum atomic E-state index is -4.44. The highest BCUT2D eigenvalue weighted by atomic mass is 32.2. The maximum atomic E-state index is 13.0. The summed E-state index contributed by atoms with van der Waals surface area (Å²) in [5, 5.41) is 2.79. The number of rotatable bonds is 10. The molecule has 1 heterocycles. The van der Waals surface area contributed by atoms with Crippen molar-refractivity contribution in [3.05, 3.63) is 95.1 Å². The van der Waals surface area contributed by atoms with Crippen molar-refractivity contribution in [3.8, 4) is 0 Å². The van der Waals surface area contributed by atoms with Gasteiger partial charge in [0.25, 0.3) is 5.91 Å². The van der Waals surface area contributed by atoms with Gasteiger partial charge in [-0.2, -0.15) is 22.0 Å². The molecule has 3 aromatic carbocycles. The second kappa shape index (κ2) is 13.2. The van der Waals surface area contributed by atoms with E-state index < -0.39 is 28.2 Å². The van der Waals surface area contributed by atoms with Gasteiger partial charge in [-0.1, -0.05) is 31.2 Å². The largest absolute Gasteiger partial charge is 0.416 e. The second-order valence-electron chi connectivity index (χ2n) is 10.1. The SMILES string of the molecule is CCS(=O)(=O)c1ccc(CNC(=O)c2ccc(N3CC(c4ccc(C(F)(F)F)cc4)CC[C@H]3COC(F)F)cc2)cc1. The lowest BCUT2D eigenvalue weighted by atomic mass is 9.86. The summed E-state index contributed by atoms with van der Waals surface area (Å²) in [6, 6.07) is 17.5. The van der Waals surface area contributed by atoms with Crippen LogP contribution >= 0.6 is 0 Å². The van der Waals surface area contributed by atoms with Gasteiger partial charge in [0.15, 0.2) is 9.84 Å². The number of sulfone groups is 1. The van der Waals surface area contributed by atoms with E-state index in [0.29, 0.717) is 30.6 Å². The van der Waals surface area contributed by atoms with Crippen LogP contribution in [-0.4, -0.2) is 45.9 Å². The number of amides is 1. The van der Waals surface area contributed by atoms with Crippen LogP contribution in [0.1, 0.15) is 52.7 Å². The molecular formula is C30H31F5N2O4S. The Labute approximate surface area is 241 Å². The topological polar surface area (TPSA) is 75.7 Å². The molecule has 1 fully saturated rings. The molecule has 1 saturated heterocycles. The number of carbonyl (C=O) groups is 1. The molecule has 1 unspecified atom stereocenters. The van der Waals surface area contributed by atoms with Gasteiger partial charge in [-0.05, 0) is 72.5 Å². The van der Waals surface area contributed by atoms with Gasteiger partial charge < -0.3 is 15.0 Å². The fourth-order valence-corrected chi connectivity index (χ4v) is 5.87. The second-order valence-corrected chi connectivity index (χ2v) is 12.3. The third-order valence-corrected chi connectivity index (χ3v) is 9.16. The van der Waals surface area contributed by atoms with Gasteiger partial charge in [0.2, 0.25) is 0 Å². The van der Waals surface area contributed by atoms with E-state index in [1.165, 1.54) is 24.3 Å². The third kappa shape index (κ3) is 7.86. The highest BCUT2D eigenvalue weighted by Crippen LogP contribution is 2.36. The maximum Gasteiger partial charge on any atom is 0.416 e. The summed E-state index contributed by atoms with van der Waals surface area (Å²) in [5.41, 5.74) is 1.73. The van der Waals surface area contributed by atoms with E-state index >= 15 is 0 Å². The number of carbonyl (C=O) groups excluding carboxylic acids is 1. The van der Waals surface area contributed by atoms with Crippen molar-refractivity contribution in [1.82, 2.24) is 5.32 Å². The van der Waals surface area contributed by atoms with E-state index in [1.807, 2.05) is 4.90 Å². The molecule has 1 aliphatic rings. The Balaban J connectivity index is 1.44. The maximum absolute atomic E-state index is 13.0. The van der Waals surface area contributed by atoms with Crippen LogP contribution in [-0.2, 0) is 27.3 Å². The Bertz CT molecular complexity index is 1450. The highest BCUT2D eigenvalue weighted by molar-refractivity contribution is 7.91. The number of nitrogens with zero attached hydrogens (tertiary/aromatic N) is 1. The summed E-state index contributed by atoms with van der Waals surface area (Å²) in [5.74, 6) is -0.492. The van der Waals surface area contributed by atoms with Gasteiger partial charge >= 0.3 is 12.8 Å². The molecule has 0 radical (unpaired) electrons. The molecule has 1 aliphatic heterocycles. The summed E-state index contributed by atoms with van der Waals surface area (Å²) in [6.07, 6.45) is -3.37. The molecule has 0 aromatic heterocycles. The van der Waals surface area contributed by atoms with E-state index in [2.05, 4.69) is 10.1 Å². The molecule has 226 valence electrons. The van der Waals surface area contributed by atoms with E-state index in [0.717, 1.165) is 23.3 Å². The molecule has 0 spiro atoms. The molecule has 2 atom stereocenters. The Morgan fingerprint density at radius 2 is 1.62 bits per heavy atom. The van der Waals surface area contributed by atoms with Crippen molar-refractivity contribution in [1.29, 1.82) is 0 Å². The first kappa shape index (κ1) is 31.4. The quantitative estimate of drug-likeness (QED) is 0.268. The third-order valence-electron chi connectivity index (χ3n) is 7.41. The summed E-state index contributed by atoms with van der Waals surface area (Å²) in [7, 11) is -3.32. The van der Waals surface area contributed by atoms with Crippen molar-refractivity contribution >= 4 is 21.4 Å². The number of anilines is 1. The number of hydrogen-bond acceptors (Lipinski definition) is 5. The number of halogens is 5. The van der Waals surface area contributed by atoms with E-state index in [1.54, 1.807) is 43.3 Å². The molecule has 0 bridgehead atoms. The first-order valence-electron chi connectivity index (χ1n) is 13.4. The lowest BCUT2D eigenvalue weighted by Crippen LogP contribution is -2.45. The average molecular weight is 611 g/mol. The Hall–Kier alpha value is -3.51. The van der Waals surface area contributed by atoms with Crippen molar-refractivity contribution in [3.63, 3.8) is 0 Å². The summed E-state index contributed by atoms with van der Waals surface area (Å²) in [6.45, 7) is -1.04. The van der Waals surface area contributed by atoms with Crippen LogP contribution in [0.2, 0.25) is 0 Å². The molecule has 12 heteroatoms. The van der Waals surface area contributed by atoms with Gasteiger partial charge in [-0.15, -0.1) is 0 Å². The summed E-state index contributed by atoms with van der Waals surface area (Å²) in [4.78, 5) is 14.9. The molecule has 0 aliphatic carbocycles. The van der Waals surface area contributed by atoms with Gasteiger partial charge in [0.05, 0.1) is 28.9 Å². The summed E-state index contributed by atoms with van der Waals surface area (Å²) < 4.78 is 93.2. The van der Waals surface area contributed by atoms with Crippen LogP contribution in [0.3, 0.4) is 0 Å². The van der Waals surface area contributed by atoms with Crippen LogP contribution in [0, 0.1) is 0 Å². The predicted octanol–water partition coefficient (Wildman–Crippen LogP) is 6.42. The normalized spacial score (nSPS) is 17.8. The smallest absolute Gasteiger partial charge is 0.366 e. The first-order valence-corrected chi connectivity index (χ1v) is 15.1. The fraction of sp³-hybridized carbons (Fsp3) is 0.367. The lowest BCUT2D eigenvalue weighted by molar-refractivity contribution is -0.137. The number of benzene rings is 3. The van der Waals surface area contributed by atoms with Crippen molar-refractivity contribution in [2.45, 2.75) is 56.0 Å². The monoisotopic (exact) mass is 610 g/mol. The van der Waals surface area contributed by atoms with Gasteiger partial charge in [-0.25, -0.2) is 8.42 Å². The van der Waals surface area contributed by atoms with Crippen LogP contribution in [0.25, 0.3) is 0 Å². The van der Waals surface area contributed by atoms with Crippen LogP contribution in [0.15, 0.2) is 77.7 Å². The molecule has 0 saturated carbocycles. The van der Waals surface area contributed by atoms with Crippen molar-refractivity contribution < 1.29 is 39.9 Å². The average Bonchev–Trinajstić information content (AvgIpc) is 2.98. The molecule has 6 nitrogen and oxygen atoms in total. The van der Waals surface area contributed by atoms with Gasteiger partial charge in [-0.3, -0.25) is 4.79 Å². The van der Waals surface area contributed by atoms with Crippen LogP contribution in [0.4, 0.5) is 27.6 Å². The molecule has 1 N–H and O–H groups in total. The zero-order valence-corrected chi connectivity index (χ0v) is 23.6. The number of nitrogens with one attached hydrogen (secondary N) is 1. The van der Waals surface area contributed by atoms with Crippen molar-refractivity contribution in [2.75, 3.05) is 23.8 Å². The highest BCUT2D eigenvalue weighted by Gasteiger charge is 2.33. The van der Waals surface area contributed by atoms with E-state index in [-0.39, 0.29) is 41.7 Å². The zero-order chi connectivity index (χ0) is 30.5. The fourth-order valence-electron chi connectivity index (χ4n) is 4.99. The standard InChI is InChI=1S/C30H31F5N2O4S/c1-2-42(39,40)27-15-3-20(4-16-27)17-36-28(38)22-7-12-25(13-8-22)37-18-23(9-14-26(37)19-41-29(31)32)21-5-10-24(11-6-21)30(33,34)35/h3-8,10-13,15-16,23,26,29H,2,9,14,17-19H2,1H3,(H,36,38)/t23?,26-/m0/s1. The number of ether oxygens (including phenoxy) is 1. The Morgan fingerprint density at radius 3 is 2.19 bits per heavy atom. The lowest BCUT2D eigenvalue weighted by Gasteiger charge is -2.41.